The van der Waals surface area contributed by atoms with Gasteiger partial charge in [-0.05, 0) is 11.8 Å². The van der Waals surface area contributed by atoms with E-state index in [9.17, 15) is 9.59 Å². The highest BCUT2D eigenvalue weighted by Crippen LogP contribution is 2.51. The van der Waals surface area contributed by atoms with E-state index in [1.807, 2.05) is 0 Å². The molecule has 0 aromatic carbocycles. The molecule has 1 saturated carbocycles. The summed E-state index contributed by atoms with van der Waals surface area (Å²) in [5.41, 5.74) is 0.131. The molecule has 1 aliphatic carbocycles. The number of aliphatic carboxylic acids is 1. The summed E-state index contributed by atoms with van der Waals surface area (Å²) in [6.07, 6.45) is 0.925. The summed E-state index contributed by atoms with van der Waals surface area (Å²) < 4.78 is 4.78. The first-order valence-electron chi connectivity index (χ1n) is 5.01. The van der Waals surface area contributed by atoms with Crippen LogP contribution in [0.5, 0.6) is 0 Å². The largest absolute Gasteiger partial charge is 0.480 e. The van der Waals surface area contributed by atoms with Crippen LogP contribution in [0.4, 0.5) is 0 Å². The Morgan fingerprint density at radius 3 is 2.60 bits per heavy atom. The van der Waals surface area contributed by atoms with Crippen molar-refractivity contribution < 1.29 is 19.4 Å². The molecule has 0 unspecified atom stereocenters. The van der Waals surface area contributed by atoms with E-state index in [1.165, 1.54) is 0 Å². The molecule has 0 heterocycles. The van der Waals surface area contributed by atoms with E-state index >= 15 is 0 Å². The van der Waals surface area contributed by atoms with Crippen molar-refractivity contribution in [3.63, 3.8) is 0 Å². The second-order valence-electron chi connectivity index (χ2n) is 4.48. The highest BCUT2D eigenvalue weighted by atomic mass is 16.5. The molecule has 0 aliphatic heterocycles. The molecular weight excluding hydrogens is 198 g/mol. The standard InChI is InChI=1S/C10H17NO4/c1-10(2)5-7(10)9(14)11-3-4-15-6-8(12)13/h7H,3-6H2,1-2H3,(H,11,14)(H,12,13)/t7-/m1/s1. The highest BCUT2D eigenvalue weighted by molar-refractivity contribution is 5.82. The van der Waals surface area contributed by atoms with Crippen LogP contribution in [0.2, 0.25) is 0 Å². The van der Waals surface area contributed by atoms with Crippen molar-refractivity contribution in [3.05, 3.63) is 0 Å². The van der Waals surface area contributed by atoms with Crippen LogP contribution in [0.15, 0.2) is 0 Å². The van der Waals surface area contributed by atoms with Gasteiger partial charge < -0.3 is 15.2 Å². The summed E-state index contributed by atoms with van der Waals surface area (Å²) in [5, 5.41) is 11.0. The molecule has 0 radical (unpaired) electrons. The number of carboxylic acid groups (broad SMARTS) is 1. The number of carbonyl (C=O) groups excluding carboxylic acids is 1. The SMILES string of the molecule is CC1(C)C[C@@H]1C(=O)NCCOCC(=O)O. The van der Waals surface area contributed by atoms with Crippen molar-refractivity contribution in [3.8, 4) is 0 Å². The highest BCUT2D eigenvalue weighted by Gasteiger charge is 2.50. The molecule has 86 valence electrons. The lowest BCUT2D eigenvalue weighted by molar-refractivity contribution is -0.142. The average Bonchev–Trinajstić information content (AvgIpc) is 2.74. The Morgan fingerprint density at radius 2 is 2.13 bits per heavy atom. The minimum Gasteiger partial charge on any atom is -0.480 e. The Kier molecular flexibility index (Phi) is 3.68. The fourth-order valence-corrected chi connectivity index (χ4v) is 1.44. The summed E-state index contributed by atoms with van der Waals surface area (Å²) in [6.45, 7) is 4.41. The van der Waals surface area contributed by atoms with Gasteiger partial charge in [0.2, 0.25) is 5.91 Å². The molecule has 1 fully saturated rings. The van der Waals surface area contributed by atoms with Crippen LogP contribution in [0.1, 0.15) is 20.3 Å². The number of ether oxygens (including phenoxy) is 1. The Morgan fingerprint density at radius 1 is 1.53 bits per heavy atom. The maximum atomic E-state index is 11.4. The zero-order valence-electron chi connectivity index (χ0n) is 9.08. The van der Waals surface area contributed by atoms with Crippen molar-refractivity contribution >= 4 is 11.9 Å². The van der Waals surface area contributed by atoms with Gasteiger partial charge in [-0.3, -0.25) is 4.79 Å². The first kappa shape index (κ1) is 12.0. The molecule has 15 heavy (non-hydrogen) atoms. The molecule has 5 nitrogen and oxygen atoms in total. The van der Waals surface area contributed by atoms with E-state index in [-0.39, 0.29) is 30.5 Å². The Labute approximate surface area is 88.8 Å². The van der Waals surface area contributed by atoms with Crippen LogP contribution >= 0.6 is 0 Å². The Bertz CT molecular complexity index is 262. The number of carbonyl (C=O) groups is 2. The maximum absolute atomic E-state index is 11.4. The van der Waals surface area contributed by atoms with Crippen molar-refractivity contribution in [2.45, 2.75) is 20.3 Å². The predicted octanol–water partition coefficient (Wildman–Crippen LogP) is 0.250. The average molecular weight is 215 g/mol. The van der Waals surface area contributed by atoms with E-state index in [2.05, 4.69) is 19.2 Å². The number of hydrogen-bond donors (Lipinski definition) is 2. The normalized spacial score (nSPS) is 22.1. The zero-order chi connectivity index (χ0) is 11.5. The molecule has 2 N–H and O–H groups in total. The van der Waals surface area contributed by atoms with Gasteiger partial charge in [0, 0.05) is 12.5 Å². The third-order valence-corrected chi connectivity index (χ3v) is 2.60. The molecule has 1 amide bonds. The third kappa shape index (κ3) is 3.87. The van der Waals surface area contributed by atoms with Gasteiger partial charge in [0.05, 0.1) is 6.61 Å². The lowest BCUT2D eigenvalue weighted by Crippen LogP contribution is -2.30. The van der Waals surface area contributed by atoms with Gasteiger partial charge >= 0.3 is 5.97 Å². The summed E-state index contributed by atoms with van der Waals surface area (Å²) in [4.78, 5) is 21.5. The van der Waals surface area contributed by atoms with Crippen molar-refractivity contribution in [1.82, 2.24) is 5.32 Å². The van der Waals surface area contributed by atoms with Crippen LogP contribution in [-0.4, -0.2) is 36.7 Å². The number of rotatable bonds is 6. The second-order valence-corrected chi connectivity index (χ2v) is 4.48. The summed E-state index contributed by atoms with van der Waals surface area (Å²) >= 11 is 0. The van der Waals surface area contributed by atoms with Crippen molar-refractivity contribution in [2.24, 2.45) is 11.3 Å². The number of nitrogens with one attached hydrogen (secondary N) is 1. The van der Waals surface area contributed by atoms with Crippen LogP contribution < -0.4 is 5.32 Å². The summed E-state index contributed by atoms with van der Waals surface area (Å²) in [5.74, 6) is -0.847. The molecule has 0 aromatic rings. The first-order valence-corrected chi connectivity index (χ1v) is 5.01. The fourth-order valence-electron chi connectivity index (χ4n) is 1.44. The van der Waals surface area contributed by atoms with Crippen LogP contribution in [0.3, 0.4) is 0 Å². The van der Waals surface area contributed by atoms with Crippen molar-refractivity contribution in [1.29, 1.82) is 0 Å². The van der Waals surface area contributed by atoms with E-state index in [1.54, 1.807) is 0 Å². The molecule has 1 aliphatic rings. The van der Waals surface area contributed by atoms with Gasteiger partial charge in [-0.2, -0.15) is 0 Å². The molecule has 1 rings (SSSR count). The van der Waals surface area contributed by atoms with Crippen molar-refractivity contribution in [2.75, 3.05) is 19.8 Å². The van der Waals surface area contributed by atoms with E-state index in [0.717, 1.165) is 6.42 Å². The fraction of sp³-hybridized carbons (Fsp3) is 0.800. The maximum Gasteiger partial charge on any atom is 0.329 e. The van der Waals surface area contributed by atoms with E-state index in [0.29, 0.717) is 6.54 Å². The molecule has 0 spiro atoms. The van der Waals surface area contributed by atoms with Crippen LogP contribution in [-0.2, 0) is 14.3 Å². The third-order valence-electron chi connectivity index (χ3n) is 2.60. The molecule has 1 atom stereocenters. The summed E-state index contributed by atoms with van der Waals surface area (Å²) in [7, 11) is 0. The minimum atomic E-state index is -0.996. The van der Waals surface area contributed by atoms with E-state index in [4.69, 9.17) is 9.84 Å². The van der Waals surface area contributed by atoms with Crippen LogP contribution in [0, 0.1) is 11.3 Å². The van der Waals surface area contributed by atoms with Crippen LogP contribution in [0.25, 0.3) is 0 Å². The van der Waals surface area contributed by atoms with E-state index < -0.39 is 5.97 Å². The van der Waals surface area contributed by atoms with Gasteiger partial charge in [0.1, 0.15) is 6.61 Å². The molecule has 0 bridgehead atoms. The minimum absolute atomic E-state index is 0.0407. The second kappa shape index (κ2) is 4.61. The topological polar surface area (TPSA) is 75.6 Å². The monoisotopic (exact) mass is 215 g/mol. The van der Waals surface area contributed by atoms with Gasteiger partial charge in [-0.25, -0.2) is 4.79 Å². The van der Waals surface area contributed by atoms with Gasteiger partial charge in [0.25, 0.3) is 0 Å². The number of carboxylic acids is 1. The molecular formula is C10H17NO4. The lowest BCUT2D eigenvalue weighted by Gasteiger charge is -2.06. The molecule has 0 saturated heterocycles. The van der Waals surface area contributed by atoms with Gasteiger partial charge in [0.15, 0.2) is 0 Å². The Balaban J connectivity index is 2.01. The molecule has 0 aromatic heterocycles. The quantitative estimate of drug-likeness (QED) is 0.623. The first-order chi connectivity index (χ1) is 6.93. The number of amides is 1. The van der Waals surface area contributed by atoms with Gasteiger partial charge in [-0.15, -0.1) is 0 Å². The zero-order valence-corrected chi connectivity index (χ0v) is 9.08. The smallest absolute Gasteiger partial charge is 0.329 e. The number of hydrogen-bond acceptors (Lipinski definition) is 3. The summed E-state index contributed by atoms with van der Waals surface area (Å²) in [6, 6.07) is 0. The lowest BCUT2D eigenvalue weighted by atomic mass is 10.1. The Hall–Kier alpha value is -1.10. The van der Waals surface area contributed by atoms with Gasteiger partial charge in [-0.1, -0.05) is 13.8 Å². The predicted molar refractivity (Wildman–Crippen MR) is 53.4 cm³/mol. The molecule has 5 heteroatoms.